The quantitative estimate of drug-likeness (QED) is 0.731. The Morgan fingerprint density at radius 2 is 2.09 bits per heavy atom. The molecule has 0 aliphatic heterocycles. The Kier molecular flexibility index (Phi) is 5.16. The Balaban J connectivity index is 1.75. The highest BCUT2D eigenvalue weighted by molar-refractivity contribution is 6.26. The molecule has 120 valence electrons. The van der Waals surface area contributed by atoms with Crippen molar-refractivity contribution in [3.63, 3.8) is 0 Å². The molecule has 3 rings (SSSR count). The van der Waals surface area contributed by atoms with Gasteiger partial charge in [0.05, 0.1) is 11.5 Å². The second-order valence-electron chi connectivity index (χ2n) is 5.37. The first kappa shape index (κ1) is 16.2. The van der Waals surface area contributed by atoms with E-state index in [1.54, 1.807) is 11.0 Å². The van der Waals surface area contributed by atoms with Crippen molar-refractivity contribution in [1.82, 2.24) is 14.8 Å². The molecule has 1 aromatic carbocycles. The molecule has 1 heterocycles. The highest BCUT2D eigenvalue weighted by Crippen LogP contribution is 2.38. The third-order valence-electron chi connectivity index (χ3n) is 3.82. The molecule has 3 unspecified atom stereocenters. The van der Waals surface area contributed by atoms with Crippen molar-refractivity contribution in [1.29, 1.82) is 0 Å². The van der Waals surface area contributed by atoms with Gasteiger partial charge in [0.15, 0.2) is 5.56 Å². The molecule has 0 radical (unpaired) electrons. The summed E-state index contributed by atoms with van der Waals surface area (Å²) >= 11 is 13.2. The predicted octanol–water partition coefficient (Wildman–Crippen LogP) is 4.27. The van der Waals surface area contributed by atoms with Crippen molar-refractivity contribution in [2.45, 2.75) is 22.9 Å². The third-order valence-corrected chi connectivity index (χ3v) is 4.73. The van der Waals surface area contributed by atoms with Gasteiger partial charge in [-0.15, -0.1) is 11.6 Å². The SMILES string of the molecule is ClC(OCC(n1cncn1)C1(Cl)C=CC=CC1)c1ccccc1. The van der Waals surface area contributed by atoms with Gasteiger partial charge < -0.3 is 4.74 Å². The molecular weight excluding hydrogens is 333 g/mol. The first-order valence-corrected chi connectivity index (χ1v) is 8.18. The van der Waals surface area contributed by atoms with Gasteiger partial charge in [-0.2, -0.15) is 5.10 Å². The maximum atomic E-state index is 6.81. The number of halogens is 2. The van der Waals surface area contributed by atoms with Crippen LogP contribution >= 0.6 is 23.2 Å². The van der Waals surface area contributed by atoms with Crippen LogP contribution in [0.25, 0.3) is 0 Å². The molecule has 0 saturated heterocycles. The van der Waals surface area contributed by atoms with Crippen LogP contribution in [0.4, 0.5) is 0 Å². The zero-order valence-electron chi connectivity index (χ0n) is 12.4. The van der Waals surface area contributed by atoms with Gasteiger partial charge in [0.25, 0.3) is 0 Å². The molecule has 3 atom stereocenters. The average molecular weight is 350 g/mol. The number of nitrogens with zero attached hydrogens (tertiary/aromatic N) is 3. The predicted molar refractivity (Wildman–Crippen MR) is 91.5 cm³/mol. The summed E-state index contributed by atoms with van der Waals surface area (Å²) < 4.78 is 7.59. The Bertz CT molecular complexity index is 672. The van der Waals surface area contributed by atoms with E-state index in [9.17, 15) is 0 Å². The topological polar surface area (TPSA) is 39.9 Å². The number of hydrogen-bond acceptors (Lipinski definition) is 3. The van der Waals surface area contributed by atoms with Gasteiger partial charge in [0, 0.05) is 0 Å². The fourth-order valence-electron chi connectivity index (χ4n) is 2.55. The lowest BCUT2D eigenvalue weighted by molar-refractivity contribution is 0.0670. The van der Waals surface area contributed by atoms with Gasteiger partial charge >= 0.3 is 0 Å². The van der Waals surface area contributed by atoms with E-state index < -0.39 is 10.4 Å². The average Bonchev–Trinajstić information content (AvgIpc) is 3.10. The van der Waals surface area contributed by atoms with Crippen LogP contribution in [0.5, 0.6) is 0 Å². The standard InChI is InChI=1S/C17H17Cl2N3O/c18-16(14-7-3-1-4-8-14)23-11-15(22-13-20-12-21-22)17(19)9-5-2-6-10-17/h1-9,12-13,15-16H,10-11H2. The Hall–Kier alpha value is -1.62. The van der Waals surface area contributed by atoms with Crippen LogP contribution in [-0.2, 0) is 4.74 Å². The highest BCUT2D eigenvalue weighted by Gasteiger charge is 2.37. The van der Waals surface area contributed by atoms with Crippen LogP contribution in [-0.4, -0.2) is 26.2 Å². The van der Waals surface area contributed by atoms with Gasteiger partial charge in [0.2, 0.25) is 0 Å². The lowest BCUT2D eigenvalue weighted by Gasteiger charge is -2.33. The van der Waals surface area contributed by atoms with Crippen molar-refractivity contribution in [3.05, 3.63) is 72.9 Å². The minimum Gasteiger partial charge on any atom is -0.356 e. The van der Waals surface area contributed by atoms with Crippen LogP contribution in [0.1, 0.15) is 23.6 Å². The second kappa shape index (κ2) is 7.30. The van der Waals surface area contributed by atoms with Crippen LogP contribution in [0, 0.1) is 0 Å². The maximum Gasteiger partial charge on any atom is 0.156 e. The normalized spacial score (nSPS) is 22.9. The molecule has 0 bridgehead atoms. The first-order chi connectivity index (χ1) is 11.2. The van der Waals surface area contributed by atoms with Gasteiger partial charge in [-0.3, -0.25) is 0 Å². The summed E-state index contributed by atoms with van der Waals surface area (Å²) in [6, 6.07) is 9.46. The summed E-state index contributed by atoms with van der Waals surface area (Å²) in [5.41, 5.74) is 0.375. The van der Waals surface area contributed by atoms with E-state index in [-0.39, 0.29) is 6.04 Å². The minimum atomic E-state index is -0.615. The number of benzene rings is 1. The van der Waals surface area contributed by atoms with Crippen LogP contribution in [0.2, 0.25) is 0 Å². The summed E-state index contributed by atoms with van der Waals surface area (Å²) in [6.45, 7) is 0.327. The summed E-state index contributed by atoms with van der Waals surface area (Å²) in [6.07, 6.45) is 11.8. The van der Waals surface area contributed by atoms with Crippen LogP contribution in [0.15, 0.2) is 67.3 Å². The lowest BCUT2D eigenvalue weighted by Crippen LogP contribution is -2.36. The fraction of sp³-hybridized carbons (Fsp3) is 0.294. The minimum absolute atomic E-state index is 0.210. The van der Waals surface area contributed by atoms with E-state index in [0.717, 1.165) is 5.56 Å². The number of alkyl halides is 2. The molecule has 4 nitrogen and oxygen atoms in total. The number of rotatable bonds is 6. The van der Waals surface area contributed by atoms with E-state index in [2.05, 4.69) is 10.1 Å². The number of allylic oxidation sites excluding steroid dienone is 4. The molecule has 0 fully saturated rings. The van der Waals surface area contributed by atoms with Crippen LogP contribution in [0.3, 0.4) is 0 Å². The Morgan fingerprint density at radius 3 is 2.74 bits per heavy atom. The number of ether oxygens (including phenoxy) is 1. The number of aromatic nitrogens is 3. The molecular formula is C17H17Cl2N3O. The summed E-state index contributed by atoms with van der Waals surface area (Å²) in [5, 5.41) is 4.23. The number of hydrogen-bond donors (Lipinski definition) is 0. The lowest BCUT2D eigenvalue weighted by atomic mass is 9.92. The fourth-order valence-corrected chi connectivity index (χ4v) is 3.09. The first-order valence-electron chi connectivity index (χ1n) is 7.37. The monoisotopic (exact) mass is 349 g/mol. The molecule has 0 saturated carbocycles. The molecule has 0 spiro atoms. The van der Waals surface area contributed by atoms with E-state index in [1.807, 2.05) is 54.6 Å². The van der Waals surface area contributed by atoms with Crippen molar-refractivity contribution in [2.24, 2.45) is 0 Å². The van der Waals surface area contributed by atoms with Gasteiger partial charge in [-0.1, -0.05) is 66.2 Å². The molecule has 6 heteroatoms. The van der Waals surface area contributed by atoms with Gasteiger partial charge in [-0.05, 0) is 12.0 Å². The van der Waals surface area contributed by atoms with Crippen molar-refractivity contribution < 1.29 is 4.74 Å². The van der Waals surface area contributed by atoms with E-state index >= 15 is 0 Å². The molecule has 0 N–H and O–H groups in total. The summed E-state index contributed by atoms with van der Waals surface area (Å²) in [7, 11) is 0. The van der Waals surface area contributed by atoms with Crippen molar-refractivity contribution in [3.8, 4) is 0 Å². The molecule has 2 aromatic rings. The van der Waals surface area contributed by atoms with Gasteiger partial charge in [-0.25, -0.2) is 9.67 Å². The zero-order valence-corrected chi connectivity index (χ0v) is 13.9. The van der Waals surface area contributed by atoms with E-state index in [1.165, 1.54) is 6.33 Å². The second-order valence-corrected chi connectivity index (χ2v) is 6.47. The summed E-state index contributed by atoms with van der Waals surface area (Å²) in [4.78, 5) is 3.40. The Labute approximate surface area is 145 Å². The molecule has 1 aliphatic carbocycles. The molecule has 1 aromatic heterocycles. The zero-order chi connectivity index (χ0) is 16.1. The molecule has 23 heavy (non-hydrogen) atoms. The van der Waals surface area contributed by atoms with Crippen LogP contribution < -0.4 is 0 Å². The Morgan fingerprint density at radius 1 is 1.26 bits per heavy atom. The molecule has 1 aliphatic rings. The maximum absolute atomic E-state index is 6.81. The van der Waals surface area contributed by atoms with Crippen molar-refractivity contribution in [2.75, 3.05) is 6.61 Å². The summed E-state index contributed by atoms with van der Waals surface area (Å²) in [5.74, 6) is 0. The third kappa shape index (κ3) is 3.83. The van der Waals surface area contributed by atoms with E-state index in [4.69, 9.17) is 27.9 Å². The highest BCUT2D eigenvalue weighted by atomic mass is 35.5. The molecule has 0 amide bonds. The van der Waals surface area contributed by atoms with E-state index in [0.29, 0.717) is 13.0 Å². The smallest absolute Gasteiger partial charge is 0.156 e. The van der Waals surface area contributed by atoms with Gasteiger partial charge in [0.1, 0.15) is 18.7 Å². The van der Waals surface area contributed by atoms with Crippen molar-refractivity contribution >= 4 is 23.2 Å². The largest absolute Gasteiger partial charge is 0.356 e.